The number of nitrogens with one attached hydrogen (secondary N) is 1. The third-order valence-corrected chi connectivity index (χ3v) is 3.46. The molecule has 0 fully saturated rings. The summed E-state index contributed by atoms with van der Waals surface area (Å²) in [7, 11) is 0. The van der Waals surface area contributed by atoms with E-state index >= 15 is 0 Å². The zero-order chi connectivity index (χ0) is 15.2. The highest BCUT2D eigenvalue weighted by atomic mass is 16.3. The number of nitrogen functional groups attached to an aromatic ring is 1. The van der Waals surface area contributed by atoms with E-state index in [1.807, 2.05) is 37.3 Å². The highest BCUT2D eigenvalue weighted by Gasteiger charge is 2.11. The minimum Gasteiger partial charge on any atom is -0.508 e. The highest BCUT2D eigenvalue weighted by Crippen LogP contribution is 2.20. The van der Waals surface area contributed by atoms with Gasteiger partial charge in [0, 0.05) is 24.2 Å². The standard InChI is InChI=1S/C17H20N2O2/c1-12(13-6-8-15(18)9-7-13)10-17(21)19-11-14-4-2-3-5-16(14)20/h2-9,12,20H,10-11,18H2,1H3,(H,19,21). The Bertz CT molecular complexity index is 608. The van der Waals surface area contributed by atoms with Crippen molar-refractivity contribution in [3.8, 4) is 5.75 Å². The maximum absolute atomic E-state index is 12.0. The Morgan fingerprint density at radius 3 is 2.52 bits per heavy atom. The maximum atomic E-state index is 12.0. The number of rotatable bonds is 5. The highest BCUT2D eigenvalue weighted by molar-refractivity contribution is 5.76. The number of nitrogens with two attached hydrogens (primary N) is 1. The number of carbonyl (C=O) groups is 1. The van der Waals surface area contributed by atoms with Crippen molar-refractivity contribution in [1.82, 2.24) is 5.32 Å². The molecule has 0 heterocycles. The molecule has 0 aliphatic heterocycles. The van der Waals surface area contributed by atoms with Gasteiger partial charge >= 0.3 is 0 Å². The summed E-state index contributed by atoms with van der Waals surface area (Å²) < 4.78 is 0. The van der Waals surface area contributed by atoms with Gasteiger partial charge in [-0.15, -0.1) is 0 Å². The second-order valence-electron chi connectivity index (χ2n) is 5.18. The molecule has 0 aromatic heterocycles. The fourth-order valence-corrected chi connectivity index (χ4v) is 2.15. The van der Waals surface area contributed by atoms with Gasteiger partial charge in [-0.3, -0.25) is 4.79 Å². The number of aromatic hydroxyl groups is 1. The van der Waals surface area contributed by atoms with E-state index in [9.17, 15) is 9.90 Å². The molecule has 0 bridgehead atoms. The van der Waals surface area contributed by atoms with E-state index in [0.717, 1.165) is 11.3 Å². The molecule has 2 aromatic rings. The van der Waals surface area contributed by atoms with Gasteiger partial charge in [0.2, 0.25) is 5.91 Å². The van der Waals surface area contributed by atoms with Gasteiger partial charge in [0.1, 0.15) is 5.75 Å². The summed E-state index contributed by atoms with van der Waals surface area (Å²) in [6.07, 6.45) is 0.400. The van der Waals surface area contributed by atoms with Crippen LogP contribution in [0.15, 0.2) is 48.5 Å². The first kappa shape index (κ1) is 14.9. The van der Waals surface area contributed by atoms with Gasteiger partial charge in [-0.25, -0.2) is 0 Å². The fourth-order valence-electron chi connectivity index (χ4n) is 2.15. The van der Waals surface area contributed by atoms with E-state index in [-0.39, 0.29) is 17.6 Å². The number of anilines is 1. The van der Waals surface area contributed by atoms with Crippen molar-refractivity contribution in [2.24, 2.45) is 0 Å². The molecular formula is C17H20N2O2. The second kappa shape index (κ2) is 6.79. The Labute approximate surface area is 124 Å². The van der Waals surface area contributed by atoms with Crippen LogP contribution in [0, 0.1) is 0 Å². The van der Waals surface area contributed by atoms with Crippen molar-refractivity contribution in [1.29, 1.82) is 0 Å². The van der Waals surface area contributed by atoms with E-state index in [2.05, 4.69) is 5.32 Å². The summed E-state index contributed by atoms with van der Waals surface area (Å²) in [4.78, 5) is 12.0. The third kappa shape index (κ3) is 4.24. The van der Waals surface area contributed by atoms with Crippen LogP contribution in [-0.4, -0.2) is 11.0 Å². The predicted octanol–water partition coefficient (Wildman–Crippen LogP) is 2.78. The molecule has 2 rings (SSSR count). The maximum Gasteiger partial charge on any atom is 0.220 e. The third-order valence-electron chi connectivity index (χ3n) is 3.46. The van der Waals surface area contributed by atoms with Crippen LogP contribution in [0.4, 0.5) is 5.69 Å². The first-order valence-electron chi connectivity index (χ1n) is 6.95. The smallest absolute Gasteiger partial charge is 0.220 e. The minimum atomic E-state index is -0.0393. The molecule has 0 saturated heterocycles. The number of hydrogen-bond donors (Lipinski definition) is 3. The van der Waals surface area contributed by atoms with E-state index < -0.39 is 0 Å². The molecule has 4 N–H and O–H groups in total. The fraction of sp³-hybridized carbons (Fsp3) is 0.235. The number of phenolic OH excluding ortho intramolecular Hbond substituents is 1. The van der Waals surface area contributed by atoms with Crippen LogP contribution in [0.25, 0.3) is 0 Å². The molecule has 1 unspecified atom stereocenters. The molecule has 0 saturated carbocycles. The number of phenols is 1. The van der Waals surface area contributed by atoms with Crippen molar-refractivity contribution < 1.29 is 9.90 Å². The Morgan fingerprint density at radius 2 is 1.86 bits per heavy atom. The monoisotopic (exact) mass is 284 g/mol. The molecule has 4 nitrogen and oxygen atoms in total. The number of benzene rings is 2. The van der Waals surface area contributed by atoms with Gasteiger partial charge in [0.25, 0.3) is 0 Å². The van der Waals surface area contributed by atoms with Crippen LogP contribution in [-0.2, 0) is 11.3 Å². The topological polar surface area (TPSA) is 75.3 Å². The summed E-state index contributed by atoms with van der Waals surface area (Å²) in [6.45, 7) is 2.34. The molecule has 4 heteroatoms. The molecule has 21 heavy (non-hydrogen) atoms. The van der Waals surface area contributed by atoms with E-state index in [1.54, 1.807) is 18.2 Å². The summed E-state index contributed by atoms with van der Waals surface area (Å²) in [5.41, 5.74) is 8.17. The van der Waals surface area contributed by atoms with Gasteiger partial charge in [0.05, 0.1) is 0 Å². The average molecular weight is 284 g/mol. The SMILES string of the molecule is CC(CC(=O)NCc1ccccc1O)c1ccc(N)cc1. The summed E-state index contributed by atoms with van der Waals surface area (Å²) >= 11 is 0. The van der Waals surface area contributed by atoms with Gasteiger partial charge in [-0.1, -0.05) is 37.3 Å². The molecule has 0 aliphatic carbocycles. The van der Waals surface area contributed by atoms with Crippen molar-refractivity contribution in [3.05, 3.63) is 59.7 Å². The molecule has 110 valence electrons. The van der Waals surface area contributed by atoms with Crippen molar-refractivity contribution in [2.75, 3.05) is 5.73 Å². The molecular weight excluding hydrogens is 264 g/mol. The molecule has 0 spiro atoms. The lowest BCUT2D eigenvalue weighted by atomic mass is 9.97. The first-order valence-corrected chi connectivity index (χ1v) is 6.95. The normalized spacial score (nSPS) is 11.9. The van der Waals surface area contributed by atoms with Crippen molar-refractivity contribution in [3.63, 3.8) is 0 Å². The van der Waals surface area contributed by atoms with Crippen LogP contribution in [0.5, 0.6) is 5.75 Å². The van der Waals surface area contributed by atoms with Crippen LogP contribution >= 0.6 is 0 Å². The Balaban J connectivity index is 1.87. The first-order chi connectivity index (χ1) is 10.1. The Hall–Kier alpha value is -2.49. The minimum absolute atomic E-state index is 0.0393. The molecule has 0 radical (unpaired) electrons. The molecule has 1 amide bonds. The summed E-state index contributed by atoms with van der Waals surface area (Å²) in [6, 6.07) is 14.5. The summed E-state index contributed by atoms with van der Waals surface area (Å²) in [5.74, 6) is 0.280. The zero-order valence-electron chi connectivity index (χ0n) is 12.0. The van der Waals surface area contributed by atoms with Crippen molar-refractivity contribution >= 4 is 11.6 Å². The number of amides is 1. The second-order valence-corrected chi connectivity index (χ2v) is 5.18. The van der Waals surface area contributed by atoms with Crippen molar-refractivity contribution in [2.45, 2.75) is 25.8 Å². The number of carbonyl (C=O) groups excluding carboxylic acids is 1. The molecule has 0 aliphatic rings. The quantitative estimate of drug-likeness (QED) is 0.739. The Morgan fingerprint density at radius 1 is 1.19 bits per heavy atom. The van der Waals surface area contributed by atoms with Crippen LogP contribution in [0.2, 0.25) is 0 Å². The molecule has 2 aromatic carbocycles. The lowest BCUT2D eigenvalue weighted by molar-refractivity contribution is -0.121. The van der Waals surface area contributed by atoms with Gasteiger partial charge in [0.15, 0.2) is 0 Å². The average Bonchev–Trinajstić information content (AvgIpc) is 2.47. The van der Waals surface area contributed by atoms with Crippen LogP contribution in [0.3, 0.4) is 0 Å². The van der Waals surface area contributed by atoms with Crippen LogP contribution < -0.4 is 11.1 Å². The lowest BCUT2D eigenvalue weighted by Crippen LogP contribution is -2.24. The molecule has 1 atom stereocenters. The number of hydrogen-bond acceptors (Lipinski definition) is 3. The largest absolute Gasteiger partial charge is 0.508 e. The zero-order valence-corrected chi connectivity index (χ0v) is 12.0. The Kier molecular flexibility index (Phi) is 4.82. The summed E-state index contributed by atoms with van der Waals surface area (Å²) in [5, 5.41) is 12.5. The van der Waals surface area contributed by atoms with Gasteiger partial charge in [-0.05, 0) is 29.7 Å². The van der Waals surface area contributed by atoms with Crippen LogP contribution in [0.1, 0.15) is 30.4 Å². The van der Waals surface area contributed by atoms with E-state index in [1.165, 1.54) is 0 Å². The van der Waals surface area contributed by atoms with Gasteiger partial charge < -0.3 is 16.2 Å². The lowest BCUT2D eigenvalue weighted by Gasteiger charge is -2.12. The predicted molar refractivity (Wildman–Crippen MR) is 83.8 cm³/mol. The number of para-hydroxylation sites is 1. The van der Waals surface area contributed by atoms with Gasteiger partial charge in [-0.2, -0.15) is 0 Å². The van der Waals surface area contributed by atoms with E-state index in [0.29, 0.717) is 18.5 Å². The van der Waals surface area contributed by atoms with E-state index in [4.69, 9.17) is 5.73 Å².